The lowest BCUT2D eigenvalue weighted by atomic mass is 9.90. The standard InChI is InChI=1S/C27H27F2N3O6/c1-16-11-21(37-27(28,29)26(35)30-3)8-9-22(16)23-6-4-5-19(17(23)2)13-20-12-18(7-10-24(20)33)14-32-31(36)15-25(34)38-32/h4-12,31,33H,13-15H2,1-3H3,(H,30,35). The minimum absolute atomic E-state index is 0.0729. The van der Waals surface area contributed by atoms with Gasteiger partial charge in [-0.05, 0) is 71.0 Å². The topological polar surface area (TPSA) is 116 Å². The number of hydrogen-bond donors (Lipinski definition) is 3. The zero-order chi connectivity index (χ0) is 27.6. The van der Waals surface area contributed by atoms with Crippen LogP contribution in [0.2, 0.25) is 0 Å². The van der Waals surface area contributed by atoms with E-state index in [1.807, 2.05) is 30.4 Å². The van der Waals surface area contributed by atoms with Crippen molar-refractivity contribution in [3.05, 3.63) is 87.6 Å². The normalized spacial score (nSPS) is 15.8. The van der Waals surface area contributed by atoms with E-state index in [4.69, 9.17) is 4.84 Å². The first kappa shape index (κ1) is 27.0. The second kappa shape index (κ2) is 10.7. The number of aromatic hydroxyl groups is 1. The summed E-state index contributed by atoms with van der Waals surface area (Å²) in [5.41, 5.74) is 5.50. The maximum absolute atomic E-state index is 13.9. The van der Waals surface area contributed by atoms with Crippen LogP contribution in [0.3, 0.4) is 0 Å². The van der Waals surface area contributed by atoms with Crippen molar-refractivity contribution in [3.63, 3.8) is 0 Å². The average molecular weight is 528 g/mol. The zero-order valence-corrected chi connectivity index (χ0v) is 21.0. The molecule has 1 aliphatic rings. The molecule has 1 saturated heterocycles. The molecule has 0 saturated carbocycles. The third-order valence-corrected chi connectivity index (χ3v) is 6.31. The fraction of sp³-hybridized carbons (Fsp3) is 0.259. The maximum Gasteiger partial charge on any atom is 0.482 e. The molecule has 0 radical (unpaired) electrons. The number of carbonyl (C=O) groups is 2. The quantitative estimate of drug-likeness (QED) is 0.386. The van der Waals surface area contributed by atoms with Gasteiger partial charge in [0.1, 0.15) is 18.0 Å². The molecule has 1 unspecified atom stereocenters. The molecule has 0 aliphatic carbocycles. The SMILES string of the molecule is CNC(=O)C(F)(F)Oc1ccc(-c2cccc(Cc3cc(CN4OC(=O)C[NH+]4[O-])ccc3O)c2C)c(C)c1. The van der Waals surface area contributed by atoms with E-state index < -0.39 is 23.2 Å². The summed E-state index contributed by atoms with van der Waals surface area (Å²) in [6, 6.07) is 15.1. The molecule has 1 heterocycles. The van der Waals surface area contributed by atoms with Gasteiger partial charge in [0.2, 0.25) is 0 Å². The Morgan fingerprint density at radius 2 is 1.92 bits per heavy atom. The Bertz CT molecular complexity index is 1380. The van der Waals surface area contributed by atoms with Crippen molar-refractivity contribution in [2.75, 3.05) is 13.6 Å². The zero-order valence-electron chi connectivity index (χ0n) is 21.0. The van der Waals surface area contributed by atoms with E-state index in [-0.39, 0.29) is 24.6 Å². The molecule has 4 rings (SSSR count). The lowest BCUT2D eigenvalue weighted by Gasteiger charge is -2.22. The highest BCUT2D eigenvalue weighted by molar-refractivity contribution is 5.82. The van der Waals surface area contributed by atoms with Gasteiger partial charge in [-0.25, -0.2) is 9.97 Å². The second-order valence-corrected chi connectivity index (χ2v) is 8.97. The van der Waals surface area contributed by atoms with E-state index in [0.717, 1.165) is 34.5 Å². The highest BCUT2D eigenvalue weighted by Gasteiger charge is 2.41. The summed E-state index contributed by atoms with van der Waals surface area (Å²) in [4.78, 5) is 27.7. The average Bonchev–Trinajstić information content (AvgIpc) is 3.18. The number of hydroxylamine groups is 2. The van der Waals surface area contributed by atoms with E-state index in [1.165, 1.54) is 18.2 Å². The number of likely N-dealkylation sites (N-methyl/N-ethyl adjacent to an activating group) is 1. The van der Waals surface area contributed by atoms with E-state index in [9.17, 15) is 28.7 Å². The van der Waals surface area contributed by atoms with E-state index in [1.54, 1.807) is 25.1 Å². The molecule has 11 heteroatoms. The third-order valence-electron chi connectivity index (χ3n) is 6.31. The Kier molecular flexibility index (Phi) is 7.63. The van der Waals surface area contributed by atoms with Gasteiger partial charge in [-0.2, -0.15) is 8.78 Å². The lowest BCUT2D eigenvalue weighted by molar-refractivity contribution is -0.988. The minimum atomic E-state index is -4.00. The van der Waals surface area contributed by atoms with Crippen LogP contribution in [0.1, 0.15) is 27.8 Å². The smallest absolute Gasteiger partial charge is 0.482 e. The van der Waals surface area contributed by atoms with Crippen molar-refractivity contribution < 1.29 is 38.2 Å². The van der Waals surface area contributed by atoms with Gasteiger partial charge < -0.3 is 25.2 Å². The molecule has 1 aliphatic heterocycles. The summed E-state index contributed by atoms with van der Waals surface area (Å²) in [5.74, 6) is -2.20. The van der Waals surface area contributed by atoms with Gasteiger partial charge in [-0.3, -0.25) is 4.79 Å². The van der Waals surface area contributed by atoms with Crippen molar-refractivity contribution in [1.82, 2.24) is 10.5 Å². The molecule has 0 aromatic heterocycles. The molecule has 3 aromatic rings. The number of rotatable bonds is 8. The van der Waals surface area contributed by atoms with Crippen molar-refractivity contribution >= 4 is 11.9 Å². The third kappa shape index (κ3) is 5.75. The molecule has 1 fully saturated rings. The van der Waals surface area contributed by atoms with E-state index >= 15 is 0 Å². The molecular weight excluding hydrogens is 500 g/mol. The molecule has 3 N–H and O–H groups in total. The summed E-state index contributed by atoms with van der Waals surface area (Å²) >= 11 is 0. The van der Waals surface area contributed by atoms with Crippen LogP contribution < -0.4 is 15.2 Å². The molecule has 1 atom stereocenters. The summed E-state index contributed by atoms with van der Waals surface area (Å²) in [5, 5.41) is 24.8. The van der Waals surface area contributed by atoms with Gasteiger partial charge in [0, 0.05) is 18.6 Å². The number of halogens is 2. The highest BCUT2D eigenvalue weighted by Crippen LogP contribution is 2.34. The number of aryl methyl sites for hydroxylation is 1. The minimum Gasteiger partial charge on any atom is -0.610 e. The van der Waals surface area contributed by atoms with Crippen LogP contribution in [0.5, 0.6) is 11.5 Å². The number of hydrogen-bond acceptors (Lipinski definition) is 7. The number of alkyl halides is 2. The number of ether oxygens (including phenoxy) is 1. The van der Waals surface area contributed by atoms with Crippen LogP contribution in [-0.4, -0.2) is 41.9 Å². The van der Waals surface area contributed by atoms with E-state index in [2.05, 4.69) is 4.74 Å². The van der Waals surface area contributed by atoms with Gasteiger partial charge >= 0.3 is 18.0 Å². The predicted octanol–water partition coefficient (Wildman–Crippen LogP) is 2.56. The molecule has 200 valence electrons. The summed E-state index contributed by atoms with van der Waals surface area (Å²) in [7, 11) is 1.10. The molecule has 9 nitrogen and oxygen atoms in total. The Balaban J connectivity index is 1.57. The number of nitrogens with zero attached hydrogens (tertiary/aromatic N) is 1. The maximum atomic E-state index is 13.9. The Morgan fingerprint density at radius 1 is 1.16 bits per heavy atom. The lowest BCUT2D eigenvalue weighted by Crippen LogP contribution is -3.11. The first-order valence-corrected chi connectivity index (χ1v) is 11.8. The summed E-state index contributed by atoms with van der Waals surface area (Å²) < 4.78 is 32.4. The number of benzene rings is 3. The Morgan fingerprint density at radius 3 is 2.58 bits per heavy atom. The number of nitrogens with one attached hydrogen (secondary N) is 2. The molecule has 38 heavy (non-hydrogen) atoms. The van der Waals surface area contributed by atoms with Crippen molar-refractivity contribution in [2.45, 2.75) is 32.9 Å². The van der Waals surface area contributed by atoms with Crippen LogP contribution in [0, 0.1) is 19.1 Å². The number of carbonyl (C=O) groups excluding carboxylic acids is 2. The van der Waals surface area contributed by atoms with Crippen LogP contribution in [0.25, 0.3) is 11.1 Å². The van der Waals surface area contributed by atoms with Crippen LogP contribution >= 0.6 is 0 Å². The summed E-state index contributed by atoms with van der Waals surface area (Å²) in [6.07, 6.45) is -3.62. The Labute approximate surface area is 217 Å². The first-order chi connectivity index (χ1) is 18.0. The van der Waals surface area contributed by atoms with Crippen LogP contribution in [0.15, 0.2) is 54.6 Å². The van der Waals surface area contributed by atoms with Gasteiger partial charge in [0.05, 0.1) is 0 Å². The van der Waals surface area contributed by atoms with Gasteiger partial charge in [-0.15, -0.1) is 0 Å². The predicted molar refractivity (Wildman–Crippen MR) is 133 cm³/mol. The Hall–Kier alpha value is -4.06. The molecular formula is C27H27F2N3O6. The molecule has 3 aromatic carbocycles. The van der Waals surface area contributed by atoms with E-state index in [0.29, 0.717) is 23.1 Å². The summed E-state index contributed by atoms with van der Waals surface area (Å²) in [6.45, 7) is 3.47. The van der Waals surface area contributed by atoms with Crippen molar-refractivity contribution in [3.8, 4) is 22.6 Å². The first-order valence-electron chi connectivity index (χ1n) is 11.8. The molecule has 1 amide bonds. The number of phenolic OH excluding ortho intramolecular Hbond substituents is 1. The fourth-order valence-corrected chi connectivity index (χ4v) is 4.30. The number of amides is 1. The fourth-order valence-electron chi connectivity index (χ4n) is 4.30. The molecule has 0 spiro atoms. The largest absolute Gasteiger partial charge is 0.610 e. The van der Waals surface area contributed by atoms with Crippen LogP contribution in [0.4, 0.5) is 8.78 Å². The van der Waals surface area contributed by atoms with Gasteiger partial charge in [0.15, 0.2) is 6.54 Å². The van der Waals surface area contributed by atoms with Gasteiger partial charge in [-0.1, -0.05) is 36.4 Å². The van der Waals surface area contributed by atoms with Crippen molar-refractivity contribution in [1.29, 1.82) is 0 Å². The monoisotopic (exact) mass is 527 g/mol. The van der Waals surface area contributed by atoms with Gasteiger partial charge in [0.25, 0.3) is 0 Å². The van der Waals surface area contributed by atoms with Crippen molar-refractivity contribution in [2.24, 2.45) is 0 Å². The highest BCUT2D eigenvalue weighted by atomic mass is 19.3. The molecule has 0 bridgehead atoms. The number of phenols is 1. The second-order valence-electron chi connectivity index (χ2n) is 8.97. The van der Waals surface area contributed by atoms with Crippen LogP contribution in [-0.2, 0) is 27.4 Å². The number of quaternary nitrogens is 1.